The number of ether oxygens (including phenoxy) is 1. The van der Waals surface area contributed by atoms with E-state index in [4.69, 9.17) is 4.74 Å². The normalized spacial score (nSPS) is 16.2. The smallest absolute Gasteiger partial charge is 0.338 e. The number of halogens is 2. The lowest BCUT2D eigenvalue weighted by Crippen LogP contribution is -2.49. The molecule has 0 spiro atoms. The molecule has 0 saturated carbocycles. The Morgan fingerprint density at radius 2 is 1.88 bits per heavy atom. The first-order valence-corrected chi connectivity index (χ1v) is 12.1. The third-order valence-corrected chi connectivity index (χ3v) is 6.58. The number of benzene rings is 2. The molecular weight excluding hydrogens is 458 g/mol. The highest BCUT2D eigenvalue weighted by Crippen LogP contribution is 2.37. The van der Waals surface area contributed by atoms with Crippen molar-refractivity contribution in [2.45, 2.75) is 33.1 Å². The number of methoxy groups -OCH3 is 1. The van der Waals surface area contributed by atoms with Gasteiger partial charge in [0.25, 0.3) is 0 Å². The van der Waals surface area contributed by atoms with Crippen LogP contribution >= 0.6 is 11.8 Å². The van der Waals surface area contributed by atoms with E-state index in [1.165, 1.54) is 36.0 Å². The highest BCUT2D eigenvalue weighted by atomic mass is 32.2. The van der Waals surface area contributed by atoms with Gasteiger partial charge in [0.1, 0.15) is 17.8 Å². The van der Waals surface area contributed by atoms with Crippen molar-refractivity contribution in [1.29, 1.82) is 0 Å². The fourth-order valence-corrected chi connectivity index (χ4v) is 5.02. The minimum absolute atomic E-state index is 0.257. The molecule has 1 heterocycles. The molecule has 1 unspecified atom stereocenters. The maximum Gasteiger partial charge on any atom is 0.338 e. The standard InChI is InChI=1S/C26H30F2N2O3S/c1-4-34-25-24(26(31)32)18(2)14-23(30(25)17-20-6-5-7-22(28)15-20)29(12-13-33-3)16-19-8-10-21(27)11-9-19/h5-11,14-15,23H,4,12-13,16-17H2,1-3H3,(H,31,32). The zero-order valence-corrected chi connectivity index (χ0v) is 20.4. The Kier molecular flexibility index (Phi) is 9.27. The molecule has 1 N–H and O–H groups in total. The zero-order chi connectivity index (χ0) is 24.7. The maximum absolute atomic E-state index is 14.0. The average Bonchev–Trinajstić information content (AvgIpc) is 2.79. The van der Waals surface area contributed by atoms with Crippen LogP contribution in [0.1, 0.15) is 25.0 Å². The van der Waals surface area contributed by atoms with Crippen LogP contribution in [0.5, 0.6) is 0 Å². The van der Waals surface area contributed by atoms with Crippen LogP contribution < -0.4 is 0 Å². The fourth-order valence-electron chi connectivity index (χ4n) is 4.02. The summed E-state index contributed by atoms with van der Waals surface area (Å²) in [5.74, 6) is -0.951. The van der Waals surface area contributed by atoms with Gasteiger partial charge >= 0.3 is 5.97 Å². The minimum Gasteiger partial charge on any atom is -0.478 e. The Bertz CT molecular complexity index is 1060. The summed E-state index contributed by atoms with van der Waals surface area (Å²) in [5.41, 5.74) is 2.59. The van der Waals surface area contributed by atoms with Gasteiger partial charge in [-0.25, -0.2) is 13.6 Å². The van der Waals surface area contributed by atoms with E-state index in [0.717, 1.165) is 11.1 Å². The molecule has 0 bridgehead atoms. The predicted molar refractivity (Wildman–Crippen MR) is 131 cm³/mol. The number of carboxylic acid groups (broad SMARTS) is 1. The summed E-state index contributed by atoms with van der Waals surface area (Å²) in [6, 6.07) is 12.7. The second-order valence-electron chi connectivity index (χ2n) is 8.03. The van der Waals surface area contributed by atoms with Gasteiger partial charge in [-0.15, -0.1) is 11.8 Å². The number of hydrogen-bond acceptors (Lipinski definition) is 5. The molecule has 8 heteroatoms. The SMILES string of the molecule is CCSC1=C(C(=O)O)C(C)=CC(N(CCOC)Cc2ccc(F)cc2)N1Cc1cccc(F)c1. The van der Waals surface area contributed by atoms with E-state index in [1.807, 2.05) is 24.0 Å². The molecule has 2 aromatic carbocycles. The average molecular weight is 489 g/mol. The molecule has 0 radical (unpaired) electrons. The van der Waals surface area contributed by atoms with Gasteiger partial charge < -0.3 is 14.7 Å². The Morgan fingerprint density at radius 1 is 1.15 bits per heavy atom. The van der Waals surface area contributed by atoms with Crippen LogP contribution in [-0.2, 0) is 22.6 Å². The maximum atomic E-state index is 14.0. The molecule has 5 nitrogen and oxygen atoms in total. The highest BCUT2D eigenvalue weighted by Gasteiger charge is 2.34. The van der Waals surface area contributed by atoms with E-state index < -0.39 is 5.97 Å². The molecule has 182 valence electrons. The fraction of sp³-hybridized carbons (Fsp3) is 0.346. The molecular formula is C26H30F2N2O3S. The first kappa shape index (κ1) is 25.9. The number of thioether (sulfide) groups is 1. The van der Waals surface area contributed by atoms with Gasteiger partial charge in [-0.2, -0.15) is 0 Å². The van der Waals surface area contributed by atoms with Gasteiger partial charge in [0.05, 0.1) is 17.2 Å². The van der Waals surface area contributed by atoms with Gasteiger partial charge in [-0.1, -0.05) is 31.2 Å². The molecule has 3 rings (SSSR count). The number of hydrogen-bond donors (Lipinski definition) is 1. The molecule has 1 aliphatic rings. The van der Waals surface area contributed by atoms with Crippen molar-refractivity contribution in [1.82, 2.24) is 9.80 Å². The van der Waals surface area contributed by atoms with Gasteiger partial charge in [0, 0.05) is 26.7 Å². The van der Waals surface area contributed by atoms with Crippen LogP contribution in [0.15, 0.2) is 70.8 Å². The molecule has 0 aliphatic carbocycles. The summed E-state index contributed by atoms with van der Waals surface area (Å²) < 4.78 is 32.8. The Balaban J connectivity index is 2.06. The number of rotatable bonds is 11. The van der Waals surface area contributed by atoms with E-state index in [1.54, 1.807) is 32.2 Å². The lowest BCUT2D eigenvalue weighted by atomic mass is 10.0. The topological polar surface area (TPSA) is 53.0 Å². The minimum atomic E-state index is -0.991. The molecule has 0 fully saturated rings. The van der Waals surface area contributed by atoms with E-state index in [9.17, 15) is 18.7 Å². The molecule has 0 aromatic heterocycles. The van der Waals surface area contributed by atoms with Gasteiger partial charge in [-0.05, 0) is 59.7 Å². The van der Waals surface area contributed by atoms with Crippen LogP contribution in [0.4, 0.5) is 8.78 Å². The second kappa shape index (κ2) is 12.1. The van der Waals surface area contributed by atoms with Crippen molar-refractivity contribution >= 4 is 17.7 Å². The summed E-state index contributed by atoms with van der Waals surface area (Å²) in [5, 5.41) is 10.6. The number of carbonyl (C=O) groups is 1. The van der Waals surface area contributed by atoms with Gasteiger partial charge in [-0.3, -0.25) is 4.90 Å². The number of carboxylic acids is 1. The molecule has 34 heavy (non-hydrogen) atoms. The lowest BCUT2D eigenvalue weighted by Gasteiger charge is -2.43. The lowest BCUT2D eigenvalue weighted by molar-refractivity contribution is -0.132. The van der Waals surface area contributed by atoms with E-state index >= 15 is 0 Å². The summed E-state index contributed by atoms with van der Waals surface area (Å²) in [7, 11) is 1.63. The van der Waals surface area contributed by atoms with Crippen LogP contribution in [0, 0.1) is 11.6 Å². The first-order valence-electron chi connectivity index (χ1n) is 11.1. The molecule has 2 aromatic rings. The van der Waals surface area contributed by atoms with E-state index in [2.05, 4.69) is 4.90 Å². The quantitative estimate of drug-likeness (QED) is 0.466. The summed E-state index contributed by atoms with van der Waals surface area (Å²) >= 11 is 1.46. The van der Waals surface area contributed by atoms with Crippen molar-refractivity contribution in [3.05, 3.63) is 93.5 Å². The Hall–Kier alpha value is -2.68. The van der Waals surface area contributed by atoms with Crippen LogP contribution in [-0.4, -0.2) is 53.1 Å². The monoisotopic (exact) mass is 488 g/mol. The summed E-state index contributed by atoms with van der Waals surface area (Å²) in [4.78, 5) is 16.4. The summed E-state index contributed by atoms with van der Waals surface area (Å²) in [6.07, 6.45) is 1.63. The predicted octanol–water partition coefficient (Wildman–Crippen LogP) is 5.25. The van der Waals surface area contributed by atoms with E-state index in [-0.39, 0.29) is 23.4 Å². The van der Waals surface area contributed by atoms with Crippen molar-refractivity contribution < 1.29 is 23.4 Å². The van der Waals surface area contributed by atoms with Crippen molar-refractivity contribution in [3.63, 3.8) is 0 Å². The molecule has 1 atom stereocenters. The first-order chi connectivity index (χ1) is 16.3. The largest absolute Gasteiger partial charge is 0.478 e. The Labute approximate surface area is 203 Å². The molecule has 1 aliphatic heterocycles. The second-order valence-corrected chi connectivity index (χ2v) is 9.28. The van der Waals surface area contributed by atoms with Crippen LogP contribution in [0.2, 0.25) is 0 Å². The Morgan fingerprint density at radius 3 is 2.50 bits per heavy atom. The van der Waals surface area contributed by atoms with Gasteiger partial charge in [0.2, 0.25) is 0 Å². The highest BCUT2D eigenvalue weighted by molar-refractivity contribution is 8.03. The number of nitrogens with zero attached hydrogens (tertiary/aromatic N) is 2. The zero-order valence-electron chi connectivity index (χ0n) is 19.6. The third-order valence-electron chi connectivity index (χ3n) is 5.58. The van der Waals surface area contributed by atoms with Crippen molar-refractivity contribution in [3.8, 4) is 0 Å². The van der Waals surface area contributed by atoms with Gasteiger partial charge in [0.15, 0.2) is 0 Å². The number of aliphatic carboxylic acids is 1. The van der Waals surface area contributed by atoms with Crippen LogP contribution in [0.3, 0.4) is 0 Å². The van der Waals surface area contributed by atoms with Crippen molar-refractivity contribution in [2.75, 3.05) is 26.0 Å². The van der Waals surface area contributed by atoms with Crippen LogP contribution in [0.25, 0.3) is 0 Å². The molecule has 0 saturated heterocycles. The summed E-state index contributed by atoms with van der Waals surface area (Å²) in [6.45, 7) is 5.64. The molecule has 0 amide bonds. The van der Waals surface area contributed by atoms with E-state index in [0.29, 0.717) is 42.6 Å². The third kappa shape index (κ3) is 6.46. The van der Waals surface area contributed by atoms with Crippen molar-refractivity contribution in [2.24, 2.45) is 0 Å².